The Labute approximate surface area is 215 Å². The van der Waals surface area contributed by atoms with Crippen LogP contribution in [0.15, 0.2) is 12.2 Å². The Bertz CT molecular complexity index is 415. The molecule has 0 N–H and O–H groups in total. The summed E-state index contributed by atoms with van der Waals surface area (Å²) in [6.45, 7) is 4.68. The molecule has 0 aromatic carbocycles. The Morgan fingerprint density at radius 3 is 1.15 bits per heavy atom. The molecule has 0 spiro atoms. The zero-order chi connectivity index (χ0) is 24.8. The maximum atomic E-state index is 11.3. The molecule has 2 heteroatoms. The highest BCUT2D eigenvalue weighted by Crippen LogP contribution is 2.14. The fraction of sp³-hybridized carbons (Fsp3) is 0.906. The van der Waals surface area contributed by atoms with Crippen LogP contribution in [0.25, 0.3) is 0 Å². The van der Waals surface area contributed by atoms with Gasteiger partial charge in [-0.05, 0) is 39.0 Å². The molecule has 0 rings (SSSR count). The molecule has 0 amide bonds. The number of hydrogen-bond donors (Lipinski definition) is 0. The van der Waals surface area contributed by atoms with Gasteiger partial charge in [0.1, 0.15) is 0 Å². The SMILES string of the molecule is CCCCCCCCCCCCCC/C=C/CCCCCCCCCCCCCC(=O)OCC. The largest absolute Gasteiger partial charge is 0.466 e. The molecular formula is C32H62O2. The number of carbonyl (C=O) groups excluding carboxylic acids is 1. The minimum atomic E-state index is -0.0300. The third-order valence-electron chi connectivity index (χ3n) is 6.95. The summed E-state index contributed by atoms with van der Waals surface area (Å²) in [6, 6.07) is 0. The number of allylic oxidation sites excluding steroid dienone is 2. The molecule has 0 atom stereocenters. The van der Waals surface area contributed by atoms with E-state index in [9.17, 15) is 4.79 Å². The van der Waals surface area contributed by atoms with Crippen molar-refractivity contribution in [2.45, 2.75) is 181 Å². The molecule has 0 saturated carbocycles. The molecule has 0 aliphatic carbocycles. The van der Waals surface area contributed by atoms with Gasteiger partial charge in [-0.25, -0.2) is 0 Å². The Morgan fingerprint density at radius 1 is 0.471 bits per heavy atom. The van der Waals surface area contributed by atoms with Crippen molar-refractivity contribution in [3.05, 3.63) is 12.2 Å². The van der Waals surface area contributed by atoms with Gasteiger partial charge < -0.3 is 4.74 Å². The predicted molar refractivity (Wildman–Crippen MR) is 151 cm³/mol. The van der Waals surface area contributed by atoms with Gasteiger partial charge in [0.2, 0.25) is 0 Å². The van der Waals surface area contributed by atoms with Crippen molar-refractivity contribution < 1.29 is 9.53 Å². The van der Waals surface area contributed by atoms with Gasteiger partial charge in [-0.1, -0.05) is 147 Å². The number of hydrogen-bond acceptors (Lipinski definition) is 2. The van der Waals surface area contributed by atoms with Crippen LogP contribution in [0.4, 0.5) is 0 Å². The Morgan fingerprint density at radius 2 is 0.794 bits per heavy atom. The van der Waals surface area contributed by atoms with Gasteiger partial charge in [0.25, 0.3) is 0 Å². The molecule has 0 bridgehead atoms. The van der Waals surface area contributed by atoms with Crippen LogP contribution in [0.2, 0.25) is 0 Å². The van der Waals surface area contributed by atoms with Crippen LogP contribution >= 0.6 is 0 Å². The van der Waals surface area contributed by atoms with E-state index in [4.69, 9.17) is 4.74 Å². The van der Waals surface area contributed by atoms with Gasteiger partial charge in [-0.15, -0.1) is 0 Å². The fourth-order valence-corrected chi connectivity index (χ4v) is 4.69. The summed E-state index contributed by atoms with van der Waals surface area (Å²) in [5.74, 6) is -0.0300. The number of rotatable bonds is 28. The minimum Gasteiger partial charge on any atom is -0.466 e. The molecule has 0 radical (unpaired) electrons. The molecular weight excluding hydrogens is 416 g/mol. The van der Waals surface area contributed by atoms with Gasteiger partial charge in [-0.3, -0.25) is 4.79 Å². The predicted octanol–water partition coefficient (Wildman–Crippen LogP) is 11.3. The highest BCUT2D eigenvalue weighted by atomic mass is 16.5. The van der Waals surface area contributed by atoms with E-state index in [2.05, 4.69) is 19.1 Å². The van der Waals surface area contributed by atoms with Crippen LogP contribution in [0, 0.1) is 0 Å². The smallest absolute Gasteiger partial charge is 0.305 e. The molecule has 0 saturated heterocycles. The Hall–Kier alpha value is -0.790. The molecule has 0 aromatic heterocycles. The number of unbranched alkanes of at least 4 members (excludes halogenated alkanes) is 23. The number of esters is 1. The maximum Gasteiger partial charge on any atom is 0.305 e. The average Bonchev–Trinajstić information content (AvgIpc) is 2.83. The summed E-state index contributed by atoms with van der Waals surface area (Å²) < 4.78 is 4.96. The molecule has 0 unspecified atom stereocenters. The third kappa shape index (κ3) is 29.2. The molecule has 0 aliphatic rings. The van der Waals surface area contributed by atoms with Crippen molar-refractivity contribution in [3.8, 4) is 0 Å². The lowest BCUT2D eigenvalue weighted by molar-refractivity contribution is -0.143. The highest BCUT2D eigenvalue weighted by Gasteiger charge is 2.00. The van der Waals surface area contributed by atoms with E-state index < -0.39 is 0 Å². The molecule has 0 heterocycles. The van der Waals surface area contributed by atoms with Gasteiger partial charge in [0.15, 0.2) is 0 Å². The lowest BCUT2D eigenvalue weighted by Gasteiger charge is -2.03. The number of ether oxygens (including phenoxy) is 1. The maximum absolute atomic E-state index is 11.3. The summed E-state index contributed by atoms with van der Waals surface area (Å²) in [6.07, 6.45) is 39.8. The lowest BCUT2D eigenvalue weighted by Crippen LogP contribution is -2.03. The van der Waals surface area contributed by atoms with Gasteiger partial charge in [0, 0.05) is 6.42 Å². The minimum absolute atomic E-state index is 0.0300. The number of carbonyl (C=O) groups is 1. The van der Waals surface area contributed by atoms with Crippen molar-refractivity contribution >= 4 is 5.97 Å². The molecule has 0 fully saturated rings. The van der Waals surface area contributed by atoms with E-state index in [1.54, 1.807) is 0 Å². The van der Waals surface area contributed by atoms with Crippen molar-refractivity contribution in [3.63, 3.8) is 0 Å². The fourth-order valence-electron chi connectivity index (χ4n) is 4.69. The summed E-state index contributed by atoms with van der Waals surface area (Å²) in [5, 5.41) is 0. The highest BCUT2D eigenvalue weighted by molar-refractivity contribution is 5.69. The summed E-state index contributed by atoms with van der Waals surface area (Å²) in [5.41, 5.74) is 0. The molecule has 0 aliphatic heterocycles. The quantitative estimate of drug-likeness (QED) is 0.0634. The average molecular weight is 479 g/mol. The van der Waals surface area contributed by atoms with Crippen molar-refractivity contribution in [2.24, 2.45) is 0 Å². The van der Waals surface area contributed by atoms with Crippen molar-refractivity contribution in [1.82, 2.24) is 0 Å². The zero-order valence-electron chi connectivity index (χ0n) is 23.6. The standard InChI is InChI=1S/C32H62O2/c1-3-5-6-7-8-9-10-11-12-13-14-15-16-17-18-19-20-21-22-23-24-25-26-27-28-29-30-31-32(33)34-4-2/h17-18H,3-16,19-31H2,1-2H3/b18-17+. The monoisotopic (exact) mass is 478 g/mol. The summed E-state index contributed by atoms with van der Waals surface area (Å²) in [7, 11) is 0. The van der Waals surface area contributed by atoms with E-state index in [1.807, 2.05) is 6.92 Å². The van der Waals surface area contributed by atoms with E-state index in [0.29, 0.717) is 13.0 Å². The van der Waals surface area contributed by atoms with Crippen molar-refractivity contribution in [1.29, 1.82) is 0 Å². The van der Waals surface area contributed by atoms with Crippen LogP contribution in [-0.2, 0) is 9.53 Å². The van der Waals surface area contributed by atoms with E-state index in [1.165, 1.54) is 154 Å². The van der Waals surface area contributed by atoms with Crippen molar-refractivity contribution in [2.75, 3.05) is 6.61 Å². The van der Waals surface area contributed by atoms with Crippen LogP contribution in [0.3, 0.4) is 0 Å². The van der Waals surface area contributed by atoms with Crippen LogP contribution in [-0.4, -0.2) is 12.6 Å². The first-order valence-corrected chi connectivity index (χ1v) is 15.6. The third-order valence-corrected chi connectivity index (χ3v) is 6.95. The molecule has 0 aromatic rings. The molecule has 2 nitrogen and oxygen atoms in total. The second-order valence-corrected chi connectivity index (χ2v) is 10.4. The van der Waals surface area contributed by atoms with Gasteiger partial charge >= 0.3 is 5.97 Å². The molecule has 34 heavy (non-hydrogen) atoms. The Balaban J connectivity index is 3.11. The van der Waals surface area contributed by atoms with E-state index in [-0.39, 0.29) is 5.97 Å². The Kier molecular flexibility index (Phi) is 29.5. The topological polar surface area (TPSA) is 26.3 Å². The van der Waals surface area contributed by atoms with Gasteiger partial charge in [0.05, 0.1) is 6.61 Å². The lowest BCUT2D eigenvalue weighted by atomic mass is 10.0. The van der Waals surface area contributed by atoms with Gasteiger partial charge in [-0.2, -0.15) is 0 Å². The second-order valence-electron chi connectivity index (χ2n) is 10.4. The molecule has 202 valence electrons. The normalized spacial score (nSPS) is 11.5. The summed E-state index contributed by atoms with van der Waals surface area (Å²) >= 11 is 0. The first-order chi connectivity index (χ1) is 16.8. The zero-order valence-corrected chi connectivity index (χ0v) is 23.6. The first-order valence-electron chi connectivity index (χ1n) is 15.6. The second kappa shape index (κ2) is 30.2. The summed E-state index contributed by atoms with van der Waals surface area (Å²) in [4.78, 5) is 11.3. The van der Waals surface area contributed by atoms with E-state index >= 15 is 0 Å². The van der Waals surface area contributed by atoms with E-state index in [0.717, 1.165) is 6.42 Å². The van der Waals surface area contributed by atoms with Crippen LogP contribution in [0.5, 0.6) is 0 Å². The van der Waals surface area contributed by atoms with Crippen LogP contribution < -0.4 is 0 Å². The first kappa shape index (κ1) is 33.2. The van der Waals surface area contributed by atoms with Crippen LogP contribution in [0.1, 0.15) is 181 Å².